The van der Waals surface area contributed by atoms with E-state index >= 15 is 0 Å². The molecule has 0 aromatic carbocycles. The number of rotatable bonds is 2. The van der Waals surface area contributed by atoms with Gasteiger partial charge in [-0.3, -0.25) is 0 Å². The van der Waals surface area contributed by atoms with Gasteiger partial charge in [-0.2, -0.15) is 0 Å². The van der Waals surface area contributed by atoms with Gasteiger partial charge < -0.3 is 14.9 Å². The Kier molecular flexibility index (Phi) is 3.68. The quantitative estimate of drug-likeness (QED) is 0.884. The molecule has 3 heteroatoms. The maximum Gasteiger partial charge on any atom is 0.121 e. The van der Waals surface area contributed by atoms with Gasteiger partial charge in [0.1, 0.15) is 11.5 Å². The Bertz CT molecular complexity index is 415. The van der Waals surface area contributed by atoms with Crippen molar-refractivity contribution in [3.05, 3.63) is 23.7 Å². The van der Waals surface area contributed by atoms with Crippen molar-refractivity contribution in [3.63, 3.8) is 0 Å². The highest BCUT2D eigenvalue weighted by atomic mass is 16.5. The van der Waals surface area contributed by atoms with Gasteiger partial charge in [-0.1, -0.05) is 19.3 Å². The molecule has 1 aliphatic carbocycles. The number of aryl methyl sites for hydroxylation is 1. The molecule has 2 heterocycles. The van der Waals surface area contributed by atoms with Gasteiger partial charge in [-0.05, 0) is 50.7 Å². The highest BCUT2D eigenvalue weighted by Crippen LogP contribution is 2.43. The average Bonchev–Trinajstić information content (AvgIpc) is 2.85. The Labute approximate surface area is 115 Å². The lowest BCUT2D eigenvalue weighted by molar-refractivity contribution is -0.121. The van der Waals surface area contributed by atoms with E-state index in [1.165, 1.54) is 32.1 Å². The average molecular weight is 263 g/mol. The first-order valence-electron chi connectivity index (χ1n) is 7.64. The van der Waals surface area contributed by atoms with Crippen LogP contribution in [0.4, 0.5) is 0 Å². The van der Waals surface area contributed by atoms with Crippen molar-refractivity contribution in [2.24, 2.45) is 11.7 Å². The predicted molar refractivity (Wildman–Crippen MR) is 74.9 cm³/mol. The van der Waals surface area contributed by atoms with E-state index in [1.54, 1.807) is 0 Å². The summed E-state index contributed by atoms with van der Waals surface area (Å²) in [4.78, 5) is 0. The van der Waals surface area contributed by atoms with Gasteiger partial charge in [0.15, 0.2) is 0 Å². The van der Waals surface area contributed by atoms with E-state index in [1.807, 2.05) is 19.1 Å². The number of furan rings is 1. The van der Waals surface area contributed by atoms with Crippen molar-refractivity contribution in [3.8, 4) is 0 Å². The third-order valence-electron chi connectivity index (χ3n) is 4.89. The standard InChI is InChI=1S/C16H25NO2/c1-12-5-6-14(19-12)15(17)13-7-10-18-16(11-13)8-3-2-4-9-16/h5-6,13,15H,2-4,7-11,17H2,1H3. The van der Waals surface area contributed by atoms with E-state index in [-0.39, 0.29) is 11.6 Å². The van der Waals surface area contributed by atoms with Crippen LogP contribution in [0, 0.1) is 12.8 Å². The number of hydrogen-bond donors (Lipinski definition) is 1. The summed E-state index contributed by atoms with van der Waals surface area (Å²) in [5.41, 5.74) is 6.55. The lowest BCUT2D eigenvalue weighted by atomic mass is 9.74. The molecule has 2 atom stereocenters. The van der Waals surface area contributed by atoms with E-state index in [2.05, 4.69) is 0 Å². The maximum atomic E-state index is 6.42. The van der Waals surface area contributed by atoms with Crippen LogP contribution in [0.2, 0.25) is 0 Å². The fourth-order valence-corrected chi connectivity index (χ4v) is 3.78. The minimum atomic E-state index is 0.0244. The molecule has 1 aromatic rings. The van der Waals surface area contributed by atoms with Crippen LogP contribution >= 0.6 is 0 Å². The summed E-state index contributed by atoms with van der Waals surface area (Å²) in [6.45, 7) is 2.83. The van der Waals surface area contributed by atoms with E-state index in [0.717, 1.165) is 31.0 Å². The Morgan fingerprint density at radius 3 is 2.74 bits per heavy atom. The SMILES string of the molecule is Cc1ccc(C(N)C2CCOC3(CCCCC3)C2)o1. The Morgan fingerprint density at radius 1 is 1.26 bits per heavy atom. The molecule has 2 unspecified atom stereocenters. The van der Waals surface area contributed by atoms with Gasteiger partial charge in [0.25, 0.3) is 0 Å². The second-order valence-electron chi connectivity index (χ2n) is 6.32. The first-order chi connectivity index (χ1) is 9.19. The molecule has 1 aromatic heterocycles. The fraction of sp³-hybridized carbons (Fsp3) is 0.750. The summed E-state index contributed by atoms with van der Waals surface area (Å²) in [5, 5.41) is 0. The van der Waals surface area contributed by atoms with E-state index < -0.39 is 0 Å². The maximum absolute atomic E-state index is 6.42. The molecule has 2 aliphatic rings. The minimum absolute atomic E-state index is 0.0244. The molecule has 1 saturated heterocycles. The summed E-state index contributed by atoms with van der Waals surface area (Å²) in [6.07, 6.45) is 8.57. The van der Waals surface area contributed by atoms with Gasteiger partial charge in [-0.25, -0.2) is 0 Å². The molecule has 0 bridgehead atoms. The van der Waals surface area contributed by atoms with Crippen LogP contribution in [-0.2, 0) is 4.74 Å². The van der Waals surface area contributed by atoms with Crippen LogP contribution in [0.5, 0.6) is 0 Å². The topological polar surface area (TPSA) is 48.4 Å². The lowest BCUT2D eigenvalue weighted by Crippen LogP contribution is -2.43. The van der Waals surface area contributed by atoms with Crippen molar-refractivity contribution in [1.82, 2.24) is 0 Å². The zero-order chi connectivity index (χ0) is 13.3. The van der Waals surface area contributed by atoms with Crippen LogP contribution < -0.4 is 5.73 Å². The molecule has 106 valence electrons. The zero-order valence-electron chi connectivity index (χ0n) is 11.9. The molecule has 3 nitrogen and oxygen atoms in total. The Balaban J connectivity index is 1.70. The summed E-state index contributed by atoms with van der Waals surface area (Å²) >= 11 is 0. The normalized spacial score (nSPS) is 28.4. The van der Waals surface area contributed by atoms with Gasteiger partial charge >= 0.3 is 0 Å². The highest BCUT2D eigenvalue weighted by molar-refractivity contribution is 5.11. The van der Waals surface area contributed by atoms with Crippen molar-refractivity contribution < 1.29 is 9.15 Å². The third kappa shape index (κ3) is 2.72. The molecule has 19 heavy (non-hydrogen) atoms. The largest absolute Gasteiger partial charge is 0.465 e. The van der Waals surface area contributed by atoms with Crippen LogP contribution in [0.25, 0.3) is 0 Å². The highest BCUT2D eigenvalue weighted by Gasteiger charge is 2.40. The van der Waals surface area contributed by atoms with E-state index in [4.69, 9.17) is 14.9 Å². The number of ether oxygens (including phenoxy) is 1. The molecule has 1 aliphatic heterocycles. The smallest absolute Gasteiger partial charge is 0.121 e. The summed E-state index contributed by atoms with van der Waals surface area (Å²) < 4.78 is 11.9. The first kappa shape index (κ1) is 13.2. The predicted octanol–water partition coefficient (Wildman–Crippen LogP) is 3.72. The van der Waals surface area contributed by atoms with Gasteiger partial charge in [0.05, 0.1) is 11.6 Å². The summed E-state index contributed by atoms with van der Waals surface area (Å²) in [6, 6.07) is 4.06. The van der Waals surface area contributed by atoms with E-state index in [9.17, 15) is 0 Å². The molecule has 0 radical (unpaired) electrons. The van der Waals surface area contributed by atoms with Crippen molar-refractivity contribution in [2.75, 3.05) is 6.61 Å². The van der Waals surface area contributed by atoms with E-state index in [0.29, 0.717) is 5.92 Å². The molecule has 1 saturated carbocycles. The van der Waals surface area contributed by atoms with Gasteiger partial charge in [-0.15, -0.1) is 0 Å². The minimum Gasteiger partial charge on any atom is -0.465 e. The molecular formula is C16H25NO2. The van der Waals surface area contributed by atoms with Crippen molar-refractivity contribution in [2.45, 2.75) is 63.5 Å². The molecule has 3 rings (SSSR count). The number of hydrogen-bond acceptors (Lipinski definition) is 3. The van der Waals surface area contributed by atoms with Crippen molar-refractivity contribution >= 4 is 0 Å². The summed E-state index contributed by atoms with van der Waals surface area (Å²) in [7, 11) is 0. The second kappa shape index (κ2) is 5.29. The molecular weight excluding hydrogens is 238 g/mol. The summed E-state index contributed by atoms with van der Waals surface area (Å²) in [5.74, 6) is 2.39. The Hall–Kier alpha value is -0.800. The molecule has 1 spiro atoms. The first-order valence-corrected chi connectivity index (χ1v) is 7.64. The second-order valence-corrected chi connectivity index (χ2v) is 6.32. The van der Waals surface area contributed by atoms with Crippen molar-refractivity contribution in [1.29, 1.82) is 0 Å². The molecule has 2 N–H and O–H groups in total. The van der Waals surface area contributed by atoms with Gasteiger partial charge in [0.2, 0.25) is 0 Å². The Morgan fingerprint density at radius 2 is 2.05 bits per heavy atom. The van der Waals surface area contributed by atoms with Crippen LogP contribution in [-0.4, -0.2) is 12.2 Å². The third-order valence-corrected chi connectivity index (χ3v) is 4.89. The van der Waals surface area contributed by atoms with Crippen LogP contribution in [0.1, 0.15) is 62.5 Å². The zero-order valence-corrected chi connectivity index (χ0v) is 11.9. The van der Waals surface area contributed by atoms with Crippen LogP contribution in [0.15, 0.2) is 16.5 Å². The van der Waals surface area contributed by atoms with Gasteiger partial charge in [0, 0.05) is 6.61 Å². The van der Waals surface area contributed by atoms with Crippen LogP contribution in [0.3, 0.4) is 0 Å². The molecule has 0 amide bonds. The lowest BCUT2D eigenvalue weighted by Gasteiger charge is -2.44. The number of nitrogens with two attached hydrogens (primary N) is 1. The monoisotopic (exact) mass is 263 g/mol. The molecule has 2 fully saturated rings. The fourth-order valence-electron chi connectivity index (χ4n) is 3.78.